The third-order valence-corrected chi connectivity index (χ3v) is 4.82. The zero-order valence-corrected chi connectivity index (χ0v) is 15.6. The van der Waals surface area contributed by atoms with Gasteiger partial charge in [0.1, 0.15) is 11.5 Å². The number of benzene rings is 2. The molecule has 5 nitrogen and oxygen atoms in total. The van der Waals surface area contributed by atoms with Gasteiger partial charge in [-0.25, -0.2) is 0 Å². The third kappa shape index (κ3) is 3.73. The summed E-state index contributed by atoms with van der Waals surface area (Å²) in [6.07, 6.45) is 0. The van der Waals surface area contributed by atoms with E-state index in [9.17, 15) is 0 Å². The Kier molecular flexibility index (Phi) is 5.42. The van der Waals surface area contributed by atoms with E-state index in [0.29, 0.717) is 16.9 Å². The summed E-state index contributed by atoms with van der Waals surface area (Å²) in [5, 5.41) is 8.69. The first-order valence-electron chi connectivity index (χ1n) is 7.13. The average Bonchev–Trinajstić information content (AvgIpc) is 3.10. The van der Waals surface area contributed by atoms with E-state index in [1.165, 1.54) is 11.8 Å². The second kappa shape index (κ2) is 7.72. The summed E-state index contributed by atoms with van der Waals surface area (Å²) in [5.74, 6) is 2.67. The van der Waals surface area contributed by atoms with Gasteiger partial charge < -0.3 is 13.9 Å². The van der Waals surface area contributed by atoms with Crippen LogP contribution in [-0.4, -0.2) is 24.4 Å². The number of aromatic nitrogens is 2. The third-order valence-electron chi connectivity index (χ3n) is 3.33. The van der Waals surface area contributed by atoms with Crippen molar-refractivity contribution in [3.63, 3.8) is 0 Å². The van der Waals surface area contributed by atoms with E-state index in [2.05, 4.69) is 26.1 Å². The topological polar surface area (TPSA) is 57.4 Å². The highest BCUT2D eigenvalue weighted by Crippen LogP contribution is 2.36. The predicted molar refractivity (Wildman–Crippen MR) is 96.5 cm³/mol. The molecule has 0 aliphatic carbocycles. The Balaban J connectivity index is 1.76. The van der Waals surface area contributed by atoms with Crippen molar-refractivity contribution in [2.24, 2.45) is 0 Å². The first-order chi connectivity index (χ1) is 11.7. The minimum atomic E-state index is 0.512. The molecule has 7 heteroatoms. The van der Waals surface area contributed by atoms with Crippen LogP contribution in [0.2, 0.25) is 0 Å². The van der Waals surface area contributed by atoms with Gasteiger partial charge in [0.05, 0.1) is 18.7 Å². The van der Waals surface area contributed by atoms with Gasteiger partial charge in [0.15, 0.2) is 0 Å². The molecule has 0 saturated heterocycles. The molecule has 0 bridgehead atoms. The number of halogens is 1. The van der Waals surface area contributed by atoms with Crippen molar-refractivity contribution >= 4 is 27.7 Å². The van der Waals surface area contributed by atoms with Crippen LogP contribution in [0.4, 0.5) is 0 Å². The van der Waals surface area contributed by atoms with Crippen LogP contribution in [0, 0.1) is 0 Å². The van der Waals surface area contributed by atoms with E-state index in [4.69, 9.17) is 13.9 Å². The lowest BCUT2D eigenvalue weighted by atomic mass is 10.2. The first kappa shape index (κ1) is 16.9. The number of hydrogen-bond donors (Lipinski definition) is 0. The van der Waals surface area contributed by atoms with Gasteiger partial charge in [-0.3, -0.25) is 0 Å². The molecule has 0 atom stereocenters. The lowest BCUT2D eigenvalue weighted by Crippen LogP contribution is -1.93. The Morgan fingerprint density at radius 3 is 2.50 bits per heavy atom. The predicted octanol–water partition coefficient (Wildman–Crippen LogP) is 4.81. The molecule has 0 amide bonds. The largest absolute Gasteiger partial charge is 0.496 e. The molecule has 0 radical (unpaired) electrons. The Labute approximate surface area is 152 Å². The second-order valence-corrected chi connectivity index (χ2v) is 6.61. The number of hydrogen-bond acceptors (Lipinski definition) is 6. The lowest BCUT2D eigenvalue weighted by molar-refractivity contribution is 0.398. The molecule has 24 heavy (non-hydrogen) atoms. The number of ether oxygens (including phenoxy) is 2. The van der Waals surface area contributed by atoms with Gasteiger partial charge in [-0.05, 0) is 40.2 Å². The van der Waals surface area contributed by atoms with E-state index in [-0.39, 0.29) is 0 Å². The maximum atomic E-state index is 5.70. The van der Waals surface area contributed by atoms with Crippen LogP contribution < -0.4 is 9.47 Å². The smallest absolute Gasteiger partial charge is 0.277 e. The van der Waals surface area contributed by atoms with Crippen molar-refractivity contribution in [1.29, 1.82) is 0 Å². The quantitative estimate of drug-likeness (QED) is 0.547. The molecule has 1 aromatic heterocycles. The Morgan fingerprint density at radius 1 is 1.04 bits per heavy atom. The summed E-state index contributed by atoms with van der Waals surface area (Å²) in [5.41, 5.74) is 1.89. The molecule has 0 unspecified atom stereocenters. The first-order valence-corrected chi connectivity index (χ1v) is 8.91. The van der Waals surface area contributed by atoms with Crippen molar-refractivity contribution in [3.8, 4) is 23.0 Å². The van der Waals surface area contributed by atoms with Gasteiger partial charge >= 0.3 is 0 Å². The maximum absolute atomic E-state index is 5.70. The monoisotopic (exact) mass is 406 g/mol. The van der Waals surface area contributed by atoms with E-state index in [1.807, 2.05) is 42.5 Å². The molecule has 0 N–H and O–H groups in total. The molecule has 2 aromatic carbocycles. The molecular formula is C17H15BrN2O3S. The van der Waals surface area contributed by atoms with Crippen molar-refractivity contribution in [2.45, 2.75) is 11.0 Å². The van der Waals surface area contributed by atoms with Crippen molar-refractivity contribution in [3.05, 3.63) is 52.5 Å². The number of methoxy groups -OCH3 is 2. The highest BCUT2D eigenvalue weighted by atomic mass is 79.9. The minimum absolute atomic E-state index is 0.512. The summed E-state index contributed by atoms with van der Waals surface area (Å²) in [6, 6.07) is 13.5. The molecule has 0 fully saturated rings. The highest BCUT2D eigenvalue weighted by Gasteiger charge is 2.13. The number of rotatable bonds is 6. The lowest BCUT2D eigenvalue weighted by Gasteiger charge is -2.11. The molecule has 0 aliphatic heterocycles. The van der Waals surface area contributed by atoms with Crippen LogP contribution in [0.15, 0.2) is 56.6 Å². The van der Waals surface area contributed by atoms with Crippen LogP contribution in [-0.2, 0) is 5.75 Å². The second-order valence-electron chi connectivity index (χ2n) is 4.83. The van der Waals surface area contributed by atoms with Crippen LogP contribution in [0.5, 0.6) is 11.5 Å². The van der Waals surface area contributed by atoms with Crippen LogP contribution >= 0.6 is 27.7 Å². The molecule has 0 spiro atoms. The zero-order chi connectivity index (χ0) is 16.9. The maximum Gasteiger partial charge on any atom is 0.277 e. The van der Waals surface area contributed by atoms with Gasteiger partial charge in [-0.15, -0.1) is 10.2 Å². The molecule has 124 valence electrons. The van der Waals surface area contributed by atoms with Crippen molar-refractivity contribution in [2.75, 3.05) is 14.2 Å². The summed E-state index contributed by atoms with van der Waals surface area (Å²) in [6.45, 7) is 0. The van der Waals surface area contributed by atoms with E-state index in [1.54, 1.807) is 14.2 Å². The van der Waals surface area contributed by atoms with Crippen molar-refractivity contribution in [1.82, 2.24) is 10.2 Å². The van der Waals surface area contributed by atoms with E-state index < -0.39 is 0 Å². The molecule has 3 rings (SSSR count). The van der Waals surface area contributed by atoms with Gasteiger partial charge in [0, 0.05) is 16.9 Å². The summed E-state index contributed by atoms with van der Waals surface area (Å²) >= 11 is 4.91. The fraction of sp³-hybridized carbons (Fsp3) is 0.176. The number of thioether (sulfide) groups is 1. The Morgan fingerprint density at radius 2 is 1.79 bits per heavy atom. The average molecular weight is 407 g/mol. The van der Waals surface area contributed by atoms with Gasteiger partial charge in [0.25, 0.3) is 5.22 Å². The molecule has 0 aliphatic rings. The van der Waals surface area contributed by atoms with Crippen molar-refractivity contribution < 1.29 is 13.9 Å². The normalized spacial score (nSPS) is 10.6. The molecular weight excluding hydrogens is 392 g/mol. The summed E-state index contributed by atoms with van der Waals surface area (Å²) < 4.78 is 17.3. The molecule has 0 saturated carbocycles. The zero-order valence-electron chi connectivity index (χ0n) is 13.2. The molecule has 3 aromatic rings. The summed E-state index contributed by atoms with van der Waals surface area (Å²) in [7, 11) is 3.27. The van der Waals surface area contributed by atoms with Crippen LogP contribution in [0.3, 0.4) is 0 Å². The van der Waals surface area contributed by atoms with E-state index in [0.717, 1.165) is 27.1 Å². The standard InChI is InChI=1S/C17H15BrN2O3S/c1-21-14-9-13(18)15(22-2)8-12(14)10-24-17-20-19-16(23-17)11-6-4-3-5-7-11/h3-9H,10H2,1-2H3. The SMILES string of the molecule is COc1cc(CSc2nnc(-c3ccccc3)o2)c(OC)cc1Br. The fourth-order valence-corrected chi connectivity index (χ4v) is 3.37. The van der Waals surface area contributed by atoms with Gasteiger partial charge in [-0.2, -0.15) is 0 Å². The minimum Gasteiger partial charge on any atom is -0.496 e. The number of nitrogens with zero attached hydrogens (tertiary/aromatic N) is 2. The summed E-state index contributed by atoms with van der Waals surface area (Å²) in [4.78, 5) is 0. The highest BCUT2D eigenvalue weighted by molar-refractivity contribution is 9.10. The Bertz CT molecular complexity index is 824. The van der Waals surface area contributed by atoms with Crippen LogP contribution in [0.25, 0.3) is 11.5 Å². The van der Waals surface area contributed by atoms with Gasteiger partial charge in [0.2, 0.25) is 5.89 Å². The van der Waals surface area contributed by atoms with E-state index >= 15 is 0 Å². The van der Waals surface area contributed by atoms with Gasteiger partial charge in [-0.1, -0.05) is 30.0 Å². The molecule has 1 heterocycles. The van der Waals surface area contributed by atoms with Crippen LogP contribution in [0.1, 0.15) is 5.56 Å². The fourth-order valence-electron chi connectivity index (χ4n) is 2.14. The Hall–Kier alpha value is -1.99.